The summed E-state index contributed by atoms with van der Waals surface area (Å²) in [6.45, 7) is 0. The van der Waals surface area contributed by atoms with Gasteiger partial charge in [-0.3, -0.25) is 16.8 Å². The van der Waals surface area contributed by atoms with Gasteiger partial charge in [0.2, 0.25) is 0 Å². The van der Waals surface area contributed by atoms with Crippen molar-refractivity contribution in [3.8, 4) is 0 Å². The molecule has 0 spiro atoms. The molecule has 15 heteroatoms. The topological polar surface area (TPSA) is 221 Å². The maximum absolute atomic E-state index is 8.52. The molecule has 0 saturated heterocycles. The molecule has 10 nitrogen and oxygen atoms in total. The first kappa shape index (κ1) is 43.9. The first-order valence-corrected chi connectivity index (χ1v) is 4.00. The van der Waals surface area contributed by atoms with Crippen molar-refractivity contribution in [1.82, 2.24) is 0 Å². The number of rotatable bonds is 0. The summed E-state index contributed by atoms with van der Waals surface area (Å²) in [5.41, 5.74) is 0. The zero-order valence-corrected chi connectivity index (χ0v) is 17.6. The van der Waals surface area contributed by atoms with Crippen LogP contribution in [0.1, 0.15) is 0 Å². The molecule has 15 heavy (non-hydrogen) atoms. The largest absolute Gasteiger partial charge is 2.00 e. The van der Waals surface area contributed by atoms with Crippen LogP contribution in [0, 0.1) is 0 Å². The average Bonchev–Trinajstić information content (AvgIpc) is 1.12. The molecule has 0 aliphatic carbocycles. The van der Waals surface area contributed by atoms with Gasteiger partial charge in [0.25, 0.3) is 0 Å². The summed E-state index contributed by atoms with van der Waals surface area (Å²) in [6.07, 6.45) is 0. The molecule has 0 unspecified atom stereocenters. The Balaban J connectivity index is -0.0000000128. The van der Waals surface area contributed by atoms with Gasteiger partial charge in [0.1, 0.15) is 0 Å². The molecule has 0 saturated carbocycles. The van der Waals surface area contributed by atoms with Gasteiger partial charge in [-0.2, -0.15) is 0 Å². The van der Waals surface area contributed by atoms with Crippen LogP contribution in [0.25, 0.3) is 0 Å². The Hall–Kier alpha value is 1.53. The second kappa shape index (κ2) is 17.9. The molecular weight excluding hydrogens is 420 g/mol. The normalized spacial score (nSPS) is 7.73. The molecule has 0 aromatic rings. The third-order valence-corrected chi connectivity index (χ3v) is 0. The molecule has 0 radical (unpaired) electrons. The van der Waals surface area contributed by atoms with Crippen molar-refractivity contribution >= 4 is 20.8 Å². The molecule has 0 amide bonds. The fourth-order valence-corrected chi connectivity index (χ4v) is 0. The van der Waals surface area contributed by atoms with E-state index in [2.05, 4.69) is 0 Å². The van der Waals surface area contributed by atoms with Crippen molar-refractivity contribution in [2.24, 2.45) is 0 Å². The SMILES string of the molecule is O=S(=O)([O-])[O-].O=S(=O)([O-])[O-].[OH-].[OH-].[Zn+2].[Zn+2].[Zn+2]. The quantitative estimate of drug-likeness (QED) is 0.218. The third-order valence-electron chi connectivity index (χ3n) is 0. The summed E-state index contributed by atoms with van der Waals surface area (Å²) >= 11 is 0. The van der Waals surface area contributed by atoms with Gasteiger partial charge in [-0.25, -0.2) is 0 Å². The van der Waals surface area contributed by atoms with Crippen LogP contribution in [0.5, 0.6) is 0 Å². The maximum atomic E-state index is 8.52. The fourth-order valence-electron chi connectivity index (χ4n) is 0. The Morgan fingerprint density at radius 2 is 0.533 bits per heavy atom. The minimum atomic E-state index is -5.17. The molecular formula is H2O10S2Zn3. The second-order valence-electron chi connectivity index (χ2n) is 0.816. The van der Waals surface area contributed by atoms with Gasteiger partial charge >= 0.3 is 58.4 Å². The number of hydrogen-bond donors (Lipinski definition) is 0. The van der Waals surface area contributed by atoms with Crippen molar-refractivity contribution in [2.75, 3.05) is 0 Å². The van der Waals surface area contributed by atoms with Crippen LogP contribution in [0.15, 0.2) is 0 Å². The Morgan fingerprint density at radius 3 is 0.533 bits per heavy atom. The maximum Gasteiger partial charge on any atom is 2.00 e. The molecule has 2 N–H and O–H groups in total. The third kappa shape index (κ3) is 1210. The van der Waals surface area contributed by atoms with Crippen molar-refractivity contribution in [1.29, 1.82) is 0 Å². The van der Waals surface area contributed by atoms with E-state index < -0.39 is 20.8 Å². The molecule has 0 atom stereocenters. The van der Waals surface area contributed by atoms with Crippen LogP contribution in [0.4, 0.5) is 0 Å². The predicted octanol–water partition coefficient (Wildman–Crippen LogP) is -3.04. The fraction of sp³-hybridized carbons (Fsp3) is 0. The Bertz CT molecular complexity index is 215. The minimum Gasteiger partial charge on any atom is -0.870 e. The Labute approximate surface area is 124 Å². The van der Waals surface area contributed by atoms with Crippen LogP contribution in [0.3, 0.4) is 0 Å². The van der Waals surface area contributed by atoms with Gasteiger partial charge in [0.15, 0.2) is 0 Å². The minimum absolute atomic E-state index is 0. The molecule has 0 fully saturated rings. The zero-order valence-electron chi connectivity index (χ0n) is 7.10. The van der Waals surface area contributed by atoms with E-state index in [1.807, 2.05) is 0 Å². The van der Waals surface area contributed by atoms with Crippen LogP contribution in [0.2, 0.25) is 0 Å². The second-order valence-corrected chi connectivity index (χ2v) is 2.45. The van der Waals surface area contributed by atoms with Crippen molar-refractivity contribution in [3.05, 3.63) is 0 Å². The smallest absolute Gasteiger partial charge is 0.870 e. The average molecular weight is 422 g/mol. The van der Waals surface area contributed by atoms with E-state index in [0.29, 0.717) is 0 Å². The van der Waals surface area contributed by atoms with E-state index in [1.54, 1.807) is 0 Å². The summed E-state index contributed by atoms with van der Waals surface area (Å²) in [5.74, 6) is 0. The zero-order chi connectivity index (χ0) is 9.00. The van der Waals surface area contributed by atoms with Crippen LogP contribution < -0.4 is 0 Å². The summed E-state index contributed by atoms with van der Waals surface area (Å²) < 4.78 is 68.2. The van der Waals surface area contributed by atoms with Gasteiger partial charge in [-0.15, -0.1) is 0 Å². The van der Waals surface area contributed by atoms with E-state index in [9.17, 15) is 0 Å². The van der Waals surface area contributed by atoms with Crippen LogP contribution in [-0.4, -0.2) is 46.0 Å². The van der Waals surface area contributed by atoms with Crippen molar-refractivity contribution < 1.29 is 104 Å². The Kier molecular flexibility index (Phi) is 52.4. The predicted molar refractivity (Wildman–Crippen MR) is 24.8 cm³/mol. The molecule has 0 heterocycles. The van der Waals surface area contributed by atoms with E-state index in [4.69, 9.17) is 35.0 Å². The van der Waals surface area contributed by atoms with Crippen LogP contribution in [-0.2, 0) is 79.2 Å². The summed E-state index contributed by atoms with van der Waals surface area (Å²) in [5, 5.41) is 0. The van der Waals surface area contributed by atoms with E-state index in [0.717, 1.165) is 0 Å². The molecule has 0 bridgehead atoms. The monoisotopic (exact) mass is 418 g/mol. The van der Waals surface area contributed by atoms with Gasteiger partial charge < -0.3 is 29.2 Å². The molecule has 0 rings (SSSR count). The first-order valence-electron chi connectivity index (χ1n) is 1.33. The molecule has 0 aromatic carbocycles. The van der Waals surface area contributed by atoms with Gasteiger partial charge in [0.05, 0.1) is 0 Å². The summed E-state index contributed by atoms with van der Waals surface area (Å²) in [7, 11) is -10.3. The molecule has 0 aromatic heterocycles. The van der Waals surface area contributed by atoms with Gasteiger partial charge in [-0.1, -0.05) is 0 Å². The summed E-state index contributed by atoms with van der Waals surface area (Å²) in [4.78, 5) is 0. The van der Waals surface area contributed by atoms with E-state index >= 15 is 0 Å². The van der Waals surface area contributed by atoms with E-state index in [1.165, 1.54) is 0 Å². The van der Waals surface area contributed by atoms with E-state index in [-0.39, 0.29) is 69.4 Å². The molecule has 80 valence electrons. The number of hydrogen-bond acceptors (Lipinski definition) is 10. The molecule has 0 aliphatic rings. The summed E-state index contributed by atoms with van der Waals surface area (Å²) in [6, 6.07) is 0. The van der Waals surface area contributed by atoms with Gasteiger partial charge in [-0.05, 0) is 0 Å². The standard InChI is InChI=1S/2H2O4S.2H2O.3Zn/c2*1-5(2,3)4;;;;;/h2*(H2,1,2,3,4);2*1H2;;;/q;;;;3*+2/p-6. The molecule has 0 aliphatic heterocycles. The first-order chi connectivity index (χ1) is 4.00. The Morgan fingerprint density at radius 1 is 0.533 bits per heavy atom. The van der Waals surface area contributed by atoms with Crippen LogP contribution >= 0.6 is 0 Å². The van der Waals surface area contributed by atoms with Crippen molar-refractivity contribution in [2.45, 2.75) is 0 Å². The van der Waals surface area contributed by atoms with Crippen molar-refractivity contribution in [3.63, 3.8) is 0 Å². The van der Waals surface area contributed by atoms with Gasteiger partial charge in [0, 0.05) is 20.8 Å².